The minimum Gasteiger partial charge on any atom is -0.415 e. The van der Waals surface area contributed by atoms with Crippen LogP contribution in [0.15, 0.2) is 47.4 Å². The van der Waals surface area contributed by atoms with Crippen molar-refractivity contribution in [1.29, 1.82) is 0 Å². The summed E-state index contributed by atoms with van der Waals surface area (Å²) in [5.41, 5.74) is -0.912. The number of carbonyl (C=O) groups is 1. The molecule has 2 rings (SSSR count). The lowest BCUT2D eigenvalue weighted by Gasteiger charge is -2.08. The molecule has 0 aromatic heterocycles. The highest BCUT2D eigenvalue weighted by Crippen LogP contribution is 2.29. The minimum absolute atomic E-state index is 0.288. The molecule has 0 saturated heterocycles. The number of rotatable bonds is 4. The van der Waals surface area contributed by atoms with E-state index in [9.17, 15) is 27.7 Å². The van der Waals surface area contributed by atoms with E-state index in [-0.39, 0.29) is 10.5 Å². The monoisotopic (exact) mass is 339 g/mol. The van der Waals surface area contributed by atoms with Crippen molar-refractivity contribution in [2.45, 2.75) is 4.90 Å². The quantitative estimate of drug-likeness (QED) is 0.366. The Morgan fingerprint density at radius 3 is 2.48 bits per heavy atom. The molecule has 0 aliphatic heterocycles. The molecule has 9 heteroatoms. The Morgan fingerprint density at radius 2 is 1.87 bits per heavy atom. The number of carbonyl (C=O) groups excluding carboxylic acids is 1. The summed E-state index contributed by atoms with van der Waals surface area (Å²) < 4.78 is 41.4. The lowest BCUT2D eigenvalue weighted by Crippen LogP contribution is -2.14. The van der Waals surface area contributed by atoms with Crippen LogP contribution in [0.4, 0.5) is 10.1 Å². The van der Waals surface area contributed by atoms with Gasteiger partial charge >= 0.3 is 11.7 Å². The Balaban J connectivity index is 2.46. The van der Waals surface area contributed by atoms with Crippen molar-refractivity contribution in [2.24, 2.45) is 0 Å². The first kappa shape index (κ1) is 16.6. The van der Waals surface area contributed by atoms with E-state index >= 15 is 0 Å². The average Bonchev–Trinajstić information content (AvgIpc) is 2.46. The first-order valence-electron chi connectivity index (χ1n) is 6.15. The summed E-state index contributed by atoms with van der Waals surface area (Å²) in [6.07, 6.45) is 0.906. The summed E-state index contributed by atoms with van der Waals surface area (Å²) in [7, 11) is -3.71. The molecule has 0 saturated carbocycles. The molecule has 0 fully saturated rings. The van der Waals surface area contributed by atoms with Crippen molar-refractivity contribution in [1.82, 2.24) is 0 Å². The van der Waals surface area contributed by atoms with Gasteiger partial charge in [-0.3, -0.25) is 10.1 Å². The maximum atomic E-state index is 13.2. The molecule has 2 aromatic carbocycles. The number of nitrogens with zero attached hydrogens (tertiary/aromatic N) is 1. The number of hydrogen-bond acceptors (Lipinski definition) is 6. The van der Waals surface area contributed by atoms with E-state index in [4.69, 9.17) is 4.74 Å². The van der Waals surface area contributed by atoms with Gasteiger partial charge in [-0.05, 0) is 18.2 Å². The lowest BCUT2D eigenvalue weighted by atomic mass is 10.2. The Labute approximate surface area is 130 Å². The number of halogens is 1. The summed E-state index contributed by atoms with van der Waals surface area (Å²) in [4.78, 5) is 21.9. The Bertz CT molecular complexity index is 894. The number of benzene rings is 2. The van der Waals surface area contributed by atoms with Gasteiger partial charge in [0, 0.05) is 18.4 Å². The molecule has 2 aromatic rings. The predicted octanol–water partition coefficient (Wildman–Crippen LogP) is 2.36. The molecule has 0 spiro atoms. The van der Waals surface area contributed by atoms with E-state index in [0.717, 1.165) is 18.4 Å². The number of esters is 1. The zero-order valence-electron chi connectivity index (χ0n) is 11.7. The highest BCUT2D eigenvalue weighted by molar-refractivity contribution is 7.90. The zero-order chi connectivity index (χ0) is 17.2. The van der Waals surface area contributed by atoms with E-state index in [1.807, 2.05) is 0 Å². The lowest BCUT2D eigenvalue weighted by molar-refractivity contribution is -0.385. The van der Waals surface area contributed by atoms with Gasteiger partial charge in [0.2, 0.25) is 5.75 Å². The molecule has 0 radical (unpaired) electrons. The number of nitro benzene ring substituents is 1. The van der Waals surface area contributed by atoms with Gasteiger partial charge in [0.15, 0.2) is 9.84 Å². The van der Waals surface area contributed by atoms with E-state index in [2.05, 4.69) is 0 Å². The van der Waals surface area contributed by atoms with Crippen LogP contribution in [0.25, 0.3) is 0 Å². The van der Waals surface area contributed by atoms with Crippen LogP contribution >= 0.6 is 0 Å². The van der Waals surface area contributed by atoms with Crippen molar-refractivity contribution in [3.8, 4) is 5.75 Å². The summed E-state index contributed by atoms with van der Waals surface area (Å²) in [5.74, 6) is -2.59. The molecule has 0 aliphatic carbocycles. The van der Waals surface area contributed by atoms with Crippen LogP contribution in [-0.2, 0) is 9.84 Å². The molecule has 23 heavy (non-hydrogen) atoms. The second-order valence-electron chi connectivity index (χ2n) is 4.53. The zero-order valence-corrected chi connectivity index (χ0v) is 12.5. The minimum atomic E-state index is -3.71. The fraction of sp³-hybridized carbons (Fsp3) is 0.0714. The van der Waals surface area contributed by atoms with E-state index in [1.165, 1.54) is 24.3 Å². The van der Waals surface area contributed by atoms with Gasteiger partial charge in [0.25, 0.3) is 0 Å². The second kappa shape index (κ2) is 6.13. The van der Waals surface area contributed by atoms with Gasteiger partial charge in [0.05, 0.1) is 15.4 Å². The van der Waals surface area contributed by atoms with Gasteiger partial charge in [-0.1, -0.05) is 12.1 Å². The van der Waals surface area contributed by atoms with E-state index < -0.39 is 38.0 Å². The third kappa shape index (κ3) is 3.69. The van der Waals surface area contributed by atoms with Crippen molar-refractivity contribution >= 4 is 21.5 Å². The number of hydrogen-bond donors (Lipinski definition) is 0. The smallest absolute Gasteiger partial charge is 0.345 e. The molecule has 0 atom stereocenters. The van der Waals surface area contributed by atoms with Crippen molar-refractivity contribution in [2.75, 3.05) is 6.26 Å². The predicted molar refractivity (Wildman–Crippen MR) is 77.6 cm³/mol. The molecule has 7 nitrogen and oxygen atoms in total. The number of sulfone groups is 1. The largest absolute Gasteiger partial charge is 0.415 e. The molecule has 0 unspecified atom stereocenters. The maximum absolute atomic E-state index is 13.2. The van der Waals surface area contributed by atoms with Crippen molar-refractivity contribution in [3.63, 3.8) is 0 Å². The Hall–Kier alpha value is -2.81. The van der Waals surface area contributed by atoms with Crippen molar-refractivity contribution < 1.29 is 27.3 Å². The van der Waals surface area contributed by atoms with Crippen LogP contribution in [0, 0.1) is 15.9 Å². The van der Waals surface area contributed by atoms with E-state index in [1.54, 1.807) is 0 Å². The molecule has 0 heterocycles. The first-order valence-corrected chi connectivity index (χ1v) is 8.04. The molecule has 0 aliphatic rings. The number of ether oxygens (including phenoxy) is 1. The SMILES string of the molecule is CS(=O)(=O)c1ccccc1C(=O)Oc1cc(F)ccc1[N+](=O)[O-]. The summed E-state index contributed by atoms with van der Waals surface area (Å²) >= 11 is 0. The standard InChI is InChI=1S/C14H10FNO6S/c1-23(20,21)13-5-3-2-4-10(13)14(17)22-12-8-9(15)6-7-11(12)16(18)19/h2-8H,1H3. The fourth-order valence-corrected chi connectivity index (χ4v) is 2.71. The third-order valence-corrected chi connectivity index (χ3v) is 3.98. The van der Waals surface area contributed by atoms with Crippen LogP contribution in [0.2, 0.25) is 0 Å². The third-order valence-electron chi connectivity index (χ3n) is 2.83. The highest BCUT2D eigenvalue weighted by atomic mass is 32.2. The molecule has 0 bridgehead atoms. The van der Waals surface area contributed by atoms with Crippen LogP contribution in [0.3, 0.4) is 0 Å². The molecule has 0 amide bonds. The molecule has 0 N–H and O–H groups in total. The number of nitro groups is 1. The molecule has 120 valence electrons. The molecular formula is C14H10FNO6S. The van der Waals surface area contributed by atoms with Gasteiger partial charge in [-0.2, -0.15) is 0 Å². The van der Waals surface area contributed by atoms with Gasteiger partial charge < -0.3 is 4.74 Å². The first-order chi connectivity index (χ1) is 10.7. The summed E-state index contributed by atoms with van der Waals surface area (Å²) in [6, 6.07) is 7.60. The van der Waals surface area contributed by atoms with E-state index in [0.29, 0.717) is 6.07 Å². The highest BCUT2D eigenvalue weighted by Gasteiger charge is 2.23. The second-order valence-corrected chi connectivity index (χ2v) is 6.51. The van der Waals surface area contributed by atoms with Gasteiger partial charge in [-0.25, -0.2) is 17.6 Å². The molecular weight excluding hydrogens is 329 g/mol. The van der Waals surface area contributed by atoms with Crippen LogP contribution < -0.4 is 4.74 Å². The van der Waals surface area contributed by atoms with Crippen LogP contribution in [-0.4, -0.2) is 25.6 Å². The average molecular weight is 339 g/mol. The summed E-state index contributed by atoms with van der Waals surface area (Å²) in [5, 5.41) is 10.9. The summed E-state index contributed by atoms with van der Waals surface area (Å²) in [6.45, 7) is 0. The van der Waals surface area contributed by atoms with Crippen LogP contribution in [0.5, 0.6) is 5.75 Å². The Morgan fingerprint density at radius 1 is 1.22 bits per heavy atom. The van der Waals surface area contributed by atoms with Gasteiger partial charge in [0.1, 0.15) is 5.82 Å². The van der Waals surface area contributed by atoms with Gasteiger partial charge in [-0.15, -0.1) is 0 Å². The van der Waals surface area contributed by atoms with Crippen molar-refractivity contribution in [3.05, 3.63) is 64.0 Å². The Kier molecular flexibility index (Phi) is 4.41. The normalized spacial score (nSPS) is 11.0. The fourth-order valence-electron chi connectivity index (χ4n) is 1.83. The maximum Gasteiger partial charge on any atom is 0.345 e. The topological polar surface area (TPSA) is 104 Å². The van der Waals surface area contributed by atoms with Crippen LogP contribution in [0.1, 0.15) is 10.4 Å².